The van der Waals surface area contributed by atoms with Crippen LogP contribution in [0.1, 0.15) is 208 Å². The van der Waals surface area contributed by atoms with Crippen molar-refractivity contribution in [3.05, 3.63) is 0 Å². The van der Waals surface area contributed by atoms with E-state index in [9.17, 15) is 0 Å². The molecule has 4 nitrogen and oxygen atoms in total. The second kappa shape index (κ2) is 33.2. The van der Waals surface area contributed by atoms with Gasteiger partial charge in [0.25, 0.3) is 0 Å². The largest absolute Gasteiger partial charge is 0.237 e. The Morgan fingerprint density at radius 3 is 0.953 bits per heavy atom. The topological polar surface area (TPSA) is 36.9 Å². The SMILES string of the molecule is CCCCC(CCCC)CCCOOCCCCCCC(C)(C)CCCCCCOOCCCC(CCCC)CCCC. The molecule has 0 aliphatic carbocycles. The molecule has 0 N–H and O–H groups in total. The van der Waals surface area contributed by atoms with E-state index in [0.29, 0.717) is 5.41 Å². The molecular weight excluding hydrogens is 532 g/mol. The van der Waals surface area contributed by atoms with Gasteiger partial charge in [-0.1, -0.05) is 157 Å². The molecule has 0 saturated heterocycles. The molecule has 0 unspecified atom stereocenters. The second-order valence-corrected chi connectivity index (χ2v) is 14.4. The highest BCUT2D eigenvalue weighted by Gasteiger charge is 2.16. The second-order valence-electron chi connectivity index (χ2n) is 14.4. The van der Waals surface area contributed by atoms with Crippen molar-refractivity contribution in [2.45, 2.75) is 208 Å². The van der Waals surface area contributed by atoms with Crippen LogP contribution in [0.3, 0.4) is 0 Å². The first-order valence-corrected chi connectivity index (χ1v) is 19.5. The molecule has 0 rings (SSSR count). The van der Waals surface area contributed by atoms with Gasteiger partial charge in [0.2, 0.25) is 0 Å². The lowest BCUT2D eigenvalue weighted by Gasteiger charge is -2.24. The highest BCUT2D eigenvalue weighted by molar-refractivity contribution is 4.69. The summed E-state index contributed by atoms with van der Waals surface area (Å²) in [5.74, 6) is 1.77. The molecule has 0 radical (unpaired) electrons. The normalized spacial score (nSPS) is 12.3. The van der Waals surface area contributed by atoms with Crippen molar-refractivity contribution in [2.24, 2.45) is 17.3 Å². The molecule has 0 fully saturated rings. The molecule has 260 valence electrons. The summed E-state index contributed by atoms with van der Waals surface area (Å²) >= 11 is 0. The van der Waals surface area contributed by atoms with E-state index in [2.05, 4.69) is 41.5 Å². The van der Waals surface area contributed by atoms with E-state index in [1.54, 1.807) is 0 Å². The summed E-state index contributed by atoms with van der Waals surface area (Å²) in [6, 6.07) is 0. The molecule has 0 bridgehead atoms. The summed E-state index contributed by atoms with van der Waals surface area (Å²) in [4.78, 5) is 21.9. The Balaban J connectivity index is 3.54. The highest BCUT2D eigenvalue weighted by atomic mass is 17.2. The lowest BCUT2D eigenvalue weighted by atomic mass is 9.82. The molecule has 0 aromatic heterocycles. The van der Waals surface area contributed by atoms with Crippen molar-refractivity contribution in [3.63, 3.8) is 0 Å². The summed E-state index contributed by atoms with van der Waals surface area (Å²) in [5.41, 5.74) is 0.456. The molecular formula is C39H80O4. The first-order valence-electron chi connectivity index (χ1n) is 19.5. The van der Waals surface area contributed by atoms with Crippen LogP contribution in [0.15, 0.2) is 0 Å². The maximum atomic E-state index is 5.47. The first kappa shape index (κ1) is 42.8. The van der Waals surface area contributed by atoms with Crippen LogP contribution in [-0.4, -0.2) is 26.4 Å². The maximum Gasteiger partial charge on any atom is 0.0822 e. The summed E-state index contributed by atoms with van der Waals surface area (Å²) in [7, 11) is 0. The predicted octanol–water partition coefficient (Wildman–Crippen LogP) is 13.4. The van der Waals surface area contributed by atoms with Crippen molar-refractivity contribution in [1.82, 2.24) is 0 Å². The number of rotatable bonds is 36. The third-order valence-electron chi connectivity index (χ3n) is 9.37. The van der Waals surface area contributed by atoms with Crippen molar-refractivity contribution in [2.75, 3.05) is 26.4 Å². The first-order chi connectivity index (χ1) is 21.0. The molecule has 0 spiro atoms. The molecule has 0 aromatic carbocycles. The average molecular weight is 613 g/mol. The van der Waals surface area contributed by atoms with Crippen molar-refractivity contribution >= 4 is 0 Å². The van der Waals surface area contributed by atoms with Crippen molar-refractivity contribution in [1.29, 1.82) is 0 Å². The number of hydrogen-bond donors (Lipinski definition) is 0. The molecule has 0 amide bonds. The molecule has 0 aromatic rings. The van der Waals surface area contributed by atoms with Crippen LogP contribution in [0.25, 0.3) is 0 Å². The third-order valence-corrected chi connectivity index (χ3v) is 9.37. The summed E-state index contributed by atoms with van der Waals surface area (Å²) < 4.78 is 0. The Kier molecular flexibility index (Phi) is 33.1. The van der Waals surface area contributed by atoms with Gasteiger partial charge in [-0.25, -0.2) is 19.6 Å². The zero-order chi connectivity index (χ0) is 31.7. The fourth-order valence-corrected chi connectivity index (χ4v) is 6.30. The summed E-state index contributed by atoms with van der Waals surface area (Å²) in [5, 5.41) is 0. The van der Waals surface area contributed by atoms with Gasteiger partial charge in [-0.05, 0) is 68.6 Å². The zero-order valence-electron chi connectivity index (χ0n) is 30.5. The highest BCUT2D eigenvalue weighted by Crippen LogP contribution is 2.30. The van der Waals surface area contributed by atoms with Crippen molar-refractivity contribution < 1.29 is 19.6 Å². The van der Waals surface area contributed by atoms with Gasteiger partial charge in [0.05, 0.1) is 26.4 Å². The Hall–Kier alpha value is -0.160. The third kappa shape index (κ3) is 31.6. The Labute approximate surface area is 271 Å². The summed E-state index contributed by atoms with van der Waals surface area (Å²) in [6.45, 7) is 17.1. The average Bonchev–Trinajstić information content (AvgIpc) is 3.00. The molecule has 0 atom stereocenters. The van der Waals surface area contributed by atoms with E-state index in [0.717, 1.165) is 63.9 Å². The van der Waals surface area contributed by atoms with Gasteiger partial charge in [0, 0.05) is 0 Å². The number of hydrogen-bond acceptors (Lipinski definition) is 4. The van der Waals surface area contributed by atoms with Gasteiger partial charge in [0.1, 0.15) is 0 Å². The smallest absolute Gasteiger partial charge is 0.0822 e. The fourth-order valence-electron chi connectivity index (χ4n) is 6.30. The Morgan fingerprint density at radius 1 is 0.349 bits per heavy atom. The van der Waals surface area contributed by atoms with Gasteiger partial charge < -0.3 is 0 Å². The molecule has 0 aliphatic heterocycles. The minimum Gasteiger partial charge on any atom is -0.237 e. The Morgan fingerprint density at radius 2 is 0.628 bits per heavy atom. The molecule has 0 aliphatic rings. The van der Waals surface area contributed by atoms with Crippen LogP contribution in [0.2, 0.25) is 0 Å². The number of unbranched alkanes of at least 4 members (excludes halogenated alkanes) is 10. The van der Waals surface area contributed by atoms with E-state index in [-0.39, 0.29) is 0 Å². The van der Waals surface area contributed by atoms with Crippen LogP contribution in [0, 0.1) is 17.3 Å². The fraction of sp³-hybridized carbons (Fsp3) is 1.00. The van der Waals surface area contributed by atoms with Gasteiger partial charge >= 0.3 is 0 Å². The lowest BCUT2D eigenvalue weighted by molar-refractivity contribution is -0.295. The lowest BCUT2D eigenvalue weighted by Crippen LogP contribution is -2.11. The molecule has 43 heavy (non-hydrogen) atoms. The molecule has 4 heteroatoms. The quantitative estimate of drug-likeness (QED) is 0.0401. The van der Waals surface area contributed by atoms with Crippen LogP contribution in [-0.2, 0) is 19.6 Å². The minimum absolute atomic E-state index is 0.456. The van der Waals surface area contributed by atoms with Crippen molar-refractivity contribution in [3.8, 4) is 0 Å². The van der Waals surface area contributed by atoms with E-state index in [1.807, 2.05) is 0 Å². The van der Waals surface area contributed by atoms with Crippen LogP contribution in [0.5, 0.6) is 0 Å². The zero-order valence-corrected chi connectivity index (χ0v) is 30.5. The van der Waals surface area contributed by atoms with Gasteiger partial charge in [-0.3, -0.25) is 0 Å². The molecule has 0 saturated carbocycles. The Bertz CT molecular complexity index is 463. The minimum atomic E-state index is 0.456. The standard InChI is InChI=1S/C39H80O4/c1-7-11-25-37(26-12-8-2)29-23-35-42-40-33-21-17-15-19-31-39(5,6)32-20-16-18-22-34-41-43-36-24-30-38(27-13-9-3)28-14-10-4/h37-38H,7-36H2,1-6H3. The van der Waals surface area contributed by atoms with Crippen LogP contribution >= 0.6 is 0 Å². The van der Waals surface area contributed by atoms with E-state index >= 15 is 0 Å². The molecule has 0 heterocycles. The predicted molar refractivity (Wildman–Crippen MR) is 187 cm³/mol. The van der Waals surface area contributed by atoms with E-state index < -0.39 is 0 Å². The van der Waals surface area contributed by atoms with E-state index in [4.69, 9.17) is 19.6 Å². The monoisotopic (exact) mass is 613 g/mol. The van der Waals surface area contributed by atoms with Crippen LogP contribution in [0.4, 0.5) is 0 Å². The summed E-state index contributed by atoms with van der Waals surface area (Å²) in [6.07, 6.45) is 33.8. The van der Waals surface area contributed by atoms with E-state index in [1.165, 1.54) is 141 Å². The van der Waals surface area contributed by atoms with Crippen LogP contribution < -0.4 is 0 Å². The maximum absolute atomic E-state index is 5.47. The van der Waals surface area contributed by atoms with Gasteiger partial charge in [0.15, 0.2) is 0 Å². The van der Waals surface area contributed by atoms with Gasteiger partial charge in [-0.2, -0.15) is 0 Å². The van der Waals surface area contributed by atoms with Gasteiger partial charge in [-0.15, -0.1) is 0 Å².